The Morgan fingerprint density at radius 3 is 2.53 bits per heavy atom. The molecule has 0 aliphatic rings. The zero-order chi connectivity index (χ0) is 13.5. The van der Waals surface area contributed by atoms with Crippen molar-refractivity contribution in [2.24, 2.45) is 0 Å². The summed E-state index contributed by atoms with van der Waals surface area (Å²) in [5.41, 5.74) is 0.454. The molecular formula is C13H9IN2O2S. The Hall–Kier alpha value is -1.41. The zero-order valence-electron chi connectivity index (χ0n) is 9.69. The van der Waals surface area contributed by atoms with E-state index in [0.717, 1.165) is 8.96 Å². The molecule has 0 saturated heterocycles. The number of hydrogen-bond donors (Lipinski definition) is 0. The molecule has 3 aromatic rings. The van der Waals surface area contributed by atoms with Crippen LogP contribution < -0.4 is 0 Å². The summed E-state index contributed by atoms with van der Waals surface area (Å²) in [6, 6.07) is 12.0. The van der Waals surface area contributed by atoms with Crippen LogP contribution in [0, 0.1) is 3.57 Å². The van der Waals surface area contributed by atoms with Crippen LogP contribution in [-0.4, -0.2) is 17.4 Å². The van der Waals surface area contributed by atoms with Crippen molar-refractivity contribution in [2.75, 3.05) is 0 Å². The average Bonchev–Trinajstić information content (AvgIpc) is 2.86. The van der Waals surface area contributed by atoms with Gasteiger partial charge in [-0.15, -0.1) is 0 Å². The van der Waals surface area contributed by atoms with Gasteiger partial charge in [-0.25, -0.2) is 17.4 Å². The maximum atomic E-state index is 12.5. The first-order valence-corrected chi connectivity index (χ1v) is 8.05. The highest BCUT2D eigenvalue weighted by Gasteiger charge is 2.19. The topological polar surface area (TPSA) is 52.0 Å². The lowest BCUT2D eigenvalue weighted by Gasteiger charge is -2.06. The lowest BCUT2D eigenvalue weighted by molar-refractivity contribution is 0.589. The molecule has 0 atom stereocenters. The van der Waals surface area contributed by atoms with Gasteiger partial charge in [-0.05, 0) is 46.9 Å². The molecule has 0 aliphatic carbocycles. The molecule has 3 rings (SSSR count). The Kier molecular flexibility index (Phi) is 3.06. The van der Waals surface area contributed by atoms with Crippen molar-refractivity contribution < 1.29 is 8.42 Å². The third kappa shape index (κ3) is 2.04. The number of hydrogen-bond acceptors (Lipinski definition) is 3. The van der Waals surface area contributed by atoms with Crippen LogP contribution in [0.25, 0.3) is 11.0 Å². The van der Waals surface area contributed by atoms with Gasteiger partial charge in [-0.1, -0.05) is 18.2 Å². The Bertz CT molecular complexity index is 841. The predicted molar refractivity (Wildman–Crippen MR) is 81.5 cm³/mol. The molecule has 0 saturated carbocycles. The van der Waals surface area contributed by atoms with E-state index in [2.05, 4.69) is 27.6 Å². The highest BCUT2D eigenvalue weighted by Crippen LogP contribution is 2.23. The van der Waals surface area contributed by atoms with Crippen LogP contribution in [0.4, 0.5) is 0 Å². The normalized spacial score (nSPS) is 11.8. The van der Waals surface area contributed by atoms with Crippen LogP contribution in [0.1, 0.15) is 0 Å². The summed E-state index contributed by atoms with van der Waals surface area (Å²) in [5, 5.41) is 0.836. The van der Waals surface area contributed by atoms with E-state index in [1.165, 1.54) is 3.97 Å². The molecule has 0 bridgehead atoms. The quantitative estimate of drug-likeness (QED) is 0.639. The maximum Gasteiger partial charge on any atom is 0.269 e. The van der Waals surface area contributed by atoms with Crippen LogP contribution in [0.15, 0.2) is 59.8 Å². The van der Waals surface area contributed by atoms with Crippen LogP contribution in [0.2, 0.25) is 0 Å². The summed E-state index contributed by atoms with van der Waals surface area (Å²) in [5.74, 6) is 0. The van der Waals surface area contributed by atoms with Crippen molar-refractivity contribution in [1.82, 2.24) is 8.96 Å². The second-order valence-electron chi connectivity index (χ2n) is 3.96. The summed E-state index contributed by atoms with van der Waals surface area (Å²) in [7, 11) is -3.59. The smallest absolute Gasteiger partial charge is 0.237 e. The summed E-state index contributed by atoms with van der Waals surface area (Å²) < 4.78 is 27.3. The monoisotopic (exact) mass is 384 g/mol. The molecule has 96 valence electrons. The van der Waals surface area contributed by atoms with Crippen LogP contribution >= 0.6 is 22.6 Å². The molecule has 2 aromatic heterocycles. The van der Waals surface area contributed by atoms with E-state index in [0.29, 0.717) is 5.65 Å². The Balaban J connectivity index is 2.29. The molecule has 0 unspecified atom stereocenters. The van der Waals surface area contributed by atoms with E-state index >= 15 is 0 Å². The Labute approximate surface area is 124 Å². The van der Waals surface area contributed by atoms with Crippen molar-refractivity contribution in [2.45, 2.75) is 4.90 Å². The second-order valence-corrected chi connectivity index (χ2v) is 6.94. The van der Waals surface area contributed by atoms with E-state index in [1.807, 2.05) is 6.07 Å². The number of pyridine rings is 1. The van der Waals surface area contributed by atoms with Crippen molar-refractivity contribution >= 4 is 43.6 Å². The predicted octanol–water partition coefficient (Wildman–Crippen LogP) is 2.88. The van der Waals surface area contributed by atoms with Crippen LogP contribution in [0.5, 0.6) is 0 Å². The van der Waals surface area contributed by atoms with Gasteiger partial charge in [0.1, 0.15) is 0 Å². The lowest BCUT2D eigenvalue weighted by atomic mass is 10.3. The number of halogens is 1. The minimum absolute atomic E-state index is 0.258. The lowest BCUT2D eigenvalue weighted by Crippen LogP contribution is -2.12. The molecule has 2 heterocycles. The van der Waals surface area contributed by atoms with E-state index in [1.54, 1.807) is 48.8 Å². The minimum atomic E-state index is -3.59. The summed E-state index contributed by atoms with van der Waals surface area (Å²) in [6.45, 7) is 0. The van der Waals surface area contributed by atoms with Gasteiger partial charge in [-0.3, -0.25) is 0 Å². The SMILES string of the molecule is O=S(=O)(c1ccccc1)n1ccc2c(I)ccnc21. The average molecular weight is 384 g/mol. The number of benzene rings is 1. The van der Waals surface area contributed by atoms with Crippen molar-refractivity contribution in [3.05, 3.63) is 58.4 Å². The third-order valence-electron chi connectivity index (χ3n) is 2.80. The van der Waals surface area contributed by atoms with E-state index < -0.39 is 10.0 Å². The molecule has 0 radical (unpaired) electrons. The van der Waals surface area contributed by atoms with Crippen molar-refractivity contribution in [3.63, 3.8) is 0 Å². The van der Waals surface area contributed by atoms with E-state index in [4.69, 9.17) is 0 Å². The fraction of sp³-hybridized carbons (Fsp3) is 0. The first-order chi connectivity index (χ1) is 9.10. The maximum absolute atomic E-state index is 12.5. The summed E-state index contributed by atoms with van der Waals surface area (Å²) >= 11 is 2.17. The molecule has 19 heavy (non-hydrogen) atoms. The molecule has 0 amide bonds. The minimum Gasteiger partial charge on any atom is -0.237 e. The van der Waals surface area contributed by atoms with Gasteiger partial charge in [-0.2, -0.15) is 0 Å². The first kappa shape index (κ1) is 12.6. The van der Waals surface area contributed by atoms with Crippen molar-refractivity contribution in [1.29, 1.82) is 0 Å². The standard InChI is InChI=1S/C13H9IN2O2S/c14-12-6-8-15-13-11(12)7-9-16(13)19(17,18)10-4-2-1-3-5-10/h1-9H. The fourth-order valence-electron chi connectivity index (χ4n) is 1.88. The van der Waals surface area contributed by atoms with Gasteiger partial charge >= 0.3 is 0 Å². The number of fused-ring (bicyclic) bond motifs is 1. The summed E-state index contributed by atoms with van der Waals surface area (Å²) in [6.07, 6.45) is 3.16. The Morgan fingerprint density at radius 2 is 1.79 bits per heavy atom. The highest BCUT2D eigenvalue weighted by molar-refractivity contribution is 14.1. The molecule has 0 N–H and O–H groups in total. The largest absolute Gasteiger partial charge is 0.269 e. The molecular weight excluding hydrogens is 375 g/mol. The van der Waals surface area contributed by atoms with Gasteiger partial charge in [0, 0.05) is 21.4 Å². The van der Waals surface area contributed by atoms with Gasteiger partial charge in [0.2, 0.25) is 0 Å². The van der Waals surface area contributed by atoms with Gasteiger partial charge in [0.05, 0.1) is 4.90 Å². The molecule has 6 heteroatoms. The molecule has 1 aromatic carbocycles. The van der Waals surface area contributed by atoms with E-state index in [-0.39, 0.29) is 4.90 Å². The molecule has 0 aliphatic heterocycles. The fourth-order valence-corrected chi connectivity index (χ4v) is 3.79. The second kappa shape index (κ2) is 4.61. The number of nitrogens with zero attached hydrogens (tertiary/aromatic N) is 2. The van der Waals surface area contributed by atoms with Gasteiger partial charge < -0.3 is 0 Å². The third-order valence-corrected chi connectivity index (χ3v) is 5.42. The highest BCUT2D eigenvalue weighted by atomic mass is 127. The van der Waals surface area contributed by atoms with Crippen LogP contribution in [-0.2, 0) is 10.0 Å². The van der Waals surface area contributed by atoms with E-state index in [9.17, 15) is 8.42 Å². The molecule has 4 nitrogen and oxygen atoms in total. The Morgan fingerprint density at radius 1 is 1.05 bits per heavy atom. The number of aromatic nitrogens is 2. The summed E-state index contributed by atoms with van der Waals surface area (Å²) in [4.78, 5) is 4.43. The van der Waals surface area contributed by atoms with Crippen molar-refractivity contribution in [3.8, 4) is 0 Å². The van der Waals surface area contributed by atoms with Crippen LogP contribution in [0.3, 0.4) is 0 Å². The molecule has 0 fully saturated rings. The van der Waals surface area contributed by atoms with Gasteiger partial charge in [0.15, 0.2) is 5.65 Å². The van der Waals surface area contributed by atoms with Gasteiger partial charge in [0.25, 0.3) is 10.0 Å². The number of rotatable bonds is 2. The molecule has 0 spiro atoms. The first-order valence-electron chi connectivity index (χ1n) is 5.53. The zero-order valence-corrected chi connectivity index (χ0v) is 12.7.